The highest BCUT2D eigenvalue weighted by atomic mass is 35.7. The molecule has 0 aliphatic carbocycles. The van der Waals surface area contributed by atoms with Gasteiger partial charge < -0.3 is 8.60 Å². The van der Waals surface area contributed by atoms with Crippen molar-refractivity contribution in [2.45, 2.75) is 6.92 Å². The molecule has 1 aromatic heterocycles. The number of rotatable bonds is 3. The summed E-state index contributed by atoms with van der Waals surface area (Å²) in [6, 6.07) is 2.08. The Labute approximate surface area is 105 Å². The van der Waals surface area contributed by atoms with E-state index in [0.717, 1.165) is 6.07 Å². The van der Waals surface area contributed by atoms with E-state index in [1.807, 2.05) is 0 Å². The SMILES string of the molecule is Cc1nc2cc(OS(=O)(=O)Cl)cc([N+](=O)[O-])c2o1. The van der Waals surface area contributed by atoms with Crippen LogP contribution in [0.15, 0.2) is 16.5 Å². The molecular weight excluding hydrogens is 288 g/mol. The van der Waals surface area contributed by atoms with Gasteiger partial charge in [-0.1, -0.05) is 0 Å². The fraction of sp³-hybridized carbons (Fsp3) is 0.125. The molecule has 0 bridgehead atoms. The maximum atomic E-state index is 10.8. The Morgan fingerprint density at radius 2 is 2.17 bits per heavy atom. The highest BCUT2D eigenvalue weighted by molar-refractivity contribution is 8.10. The zero-order valence-corrected chi connectivity index (χ0v) is 10.4. The van der Waals surface area contributed by atoms with E-state index in [1.54, 1.807) is 0 Å². The van der Waals surface area contributed by atoms with Gasteiger partial charge in [-0.3, -0.25) is 10.1 Å². The van der Waals surface area contributed by atoms with Gasteiger partial charge in [-0.15, -0.1) is 0 Å². The van der Waals surface area contributed by atoms with Gasteiger partial charge in [0.1, 0.15) is 5.52 Å². The normalized spacial score (nSPS) is 11.7. The van der Waals surface area contributed by atoms with Gasteiger partial charge in [-0.2, -0.15) is 8.42 Å². The molecule has 2 aromatic rings. The number of nitrogens with zero attached hydrogens (tertiary/aromatic N) is 2. The monoisotopic (exact) mass is 292 g/mol. The van der Waals surface area contributed by atoms with Crippen LogP contribution in [0.25, 0.3) is 11.1 Å². The molecule has 0 aliphatic heterocycles. The third kappa shape index (κ3) is 2.51. The Morgan fingerprint density at radius 3 is 2.72 bits per heavy atom. The largest absolute Gasteiger partial charge is 0.434 e. The maximum Gasteiger partial charge on any atom is 0.401 e. The third-order valence-corrected chi connectivity index (χ3v) is 2.52. The van der Waals surface area contributed by atoms with Gasteiger partial charge in [-0.25, -0.2) is 4.98 Å². The number of oxazole rings is 1. The summed E-state index contributed by atoms with van der Waals surface area (Å²) in [6.45, 7) is 1.50. The Bertz CT molecular complexity index is 737. The summed E-state index contributed by atoms with van der Waals surface area (Å²) in [5.41, 5.74) is -0.405. The molecular formula is C8H5ClN2O6S. The molecule has 0 spiro atoms. The molecule has 0 aliphatic rings. The van der Waals surface area contributed by atoms with Gasteiger partial charge in [-0.05, 0) is 0 Å². The molecule has 2 rings (SSSR count). The molecule has 0 radical (unpaired) electrons. The molecule has 1 heterocycles. The van der Waals surface area contributed by atoms with Crippen LogP contribution in [0.5, 0.6) is 5.75 Å². The molecule has 0 amide bonds. The third-order valence-electron chi connectivity index (χ3n) is 1.94. The van der Waals surface area contributed by atoms with Crippen LogP contribution in [0.3, 0.4) is 0 Å². The Kier molecular flexibility index (Phi) is 2.87. The topological polar surface area (TPSA) is 113 Å². The molecule has 0 unspecified atom stereocenters. The second kappa shape index (κ2) is 4.10. The Morgan fingerprint density at radius 1 is 1.50 bits per heavy atom. The number of hydrogen-bond acceptors (Lipinski definition) is 7. The minimum absolute atomic E-state index is 0.0585. The van der Waals surface area contributed by atoms with E-state index in [-0.39, 0.29) is 22.7 Å². The highest BCUT2D eigenvalue weighted by Gasteiger charge is 2.21. The zero-order chi connectivity index (χ0) is 13.5. The standard InChI is InChI=1S/C8H5ClN2O6S/c1-4-10-6-2-5(17-18(9,14)15)3-7(11(12)13)8(6)16-4/h2-3H,1H3. The zero-order valence-electron chi connectivity index (χ0n) is 8.78. The average molecular weight is 293 g/mol. The molecule has 0 atom stereocenters. The average Bonchev–Trinajstić information content (AvgIpc) is 2.53. The number of nitro benzene ring substituents is 1. The van der Waals surface area contributed by atoms with E-state index in [2.05, 4.69) is 9.17 Å². The fourth-order valence-corrected chi connectivity index (χ4v) is 1.94. The first-order valence-corrected chi connectivity index (χ1v) is 6.69. The van der Waals surface area contributed by atoms with Crippen LogP contribution in [-0.2, 0) is 9.33 Å². The first-order chi connectivity index (χ1) is 8.26. The molecule has 0 saturated heterocycles. The first-order valence-electron chi connectivity index (χ1n) is 4.46. The molecule has 1 aromatic carbocycles. The number of fused-ring (bicyclic) bond motifs is 1. The van der Waals surface area contributed by atoms with E-state index in [4.69, 9.17) is 15.1 Å². The van der Waals surface area contributed by atoms with E-state index < -0.39 is 19.9 Å². The molecule has 10 heteroatoms. The number of benzene rings is 1. The van der Waals surface area contributed by atoms with Crippen molar-refractivity contribution in [1.29, 1.82) is 0 Å². The van der Waals surface area contributed by atoms with Gasteiger partial charge >= 0.3 is 15.0 Å². The Balaban J connectivity index is 2.67. The highest BCUT2D eigenvalue weighted by Crippen LogP contribution is 2.32. The van der Waals surface area contributed by atoms with Crippen LogP contribution >= 0.6 is 10.7 Å². The van der Waals surface area contributed by atoms with Gasteiger partial charge in [0.25, 0.3) is 0 Å². The summed E-state index contributed by atoms with van der Waals surface area (Å²) >= 11 is 0. The molecule has 96 valence electrons. The molecule has 18 heavy (non-hydrogen) atoms. The lowest BCUT2D eigenvalue weighted by molar-refractivity contribution is -0.383. The fourth-order valence-electron chi connectivity index (χ4n) is 1.40. The van der Waals surface area contributed by atoms with Gasteiger partial charge in [0.2, 0.25) is 5.58 Å². The number of nitro groups is 1. The lowest BCUT2D eigenvalue weighted by Gasteiger charge is -2.00. The van der Waals surface area contributed by atoms with E-state index in [9.17, 15) is 18.5 Å². The van der Waals surface area contributed by atoms with E-state index >= 15 is 0 Å². The van der Waals surface area contributed by atoms with Gasteiger partial charge in [0, 0.05) is 13.0 Å². The Hall–Kier alpha value is -1.87. The molecule has 0 saturated carbocycles. The van der Waals surface area contributed by atoms with E-state index in [0.29, 0.717) is 0 Å². The van der Waals surface area contributed by atoms with Crippen molar-refractivity contribution >= 4 is 36.8 Å². The van der Waals surface area contributed by atoms with Gasteiger partial charge in [0.15, 0.2) is 11.6 Å². The minimum Gasteiger partial charge on any atom is -0.434 e. The van der Waals surface area contributed by atoms with Crippen molar-refractivity contribution in [3.8, 4) is 5.75 Å². The quantitative estimate of drug-likeness (QED) is 0.482. The van der Waals surface area contributed by atoms with Crippen molar-refractivity contribution < 1.29 is 21.9 Å². The maximum absolute atomic E-state index is 10.8. The number of halogens is 1. The molecule has 0 N–H and O–H groups in total. The molecule has 8 nitrogen and oxygen atoms in total. The second-order valence-electron chi connectivity index (χ2n) is 3.26. The van der Waals surface area contributed by atoms with Crippen molar-refractivity contribution in [1.82, 2.24) is 4.98 Å². The predicted octanol–water partition coefficient (Wildman–Crippen LogP) is 1.91. The van der Waals surface area contributed by atoms with Crippen molar-refractivity contribution in [3.63, 3.8) is 0 Å². The predicted molar refractivity (Wildman–Crippen MR) is 60.8 cm³/mol. The van der Waals surface area contributed by atoms with Crippen LogP contribution in [0, 0.1) is 17.0 Å². The van der Waals surface area contributed by atoms with Gasteiger partial charge in [0.05, 0.1) is 21.7 Å². The van der Waals surface area contributed by atoms with Crippen LogP contribution in [0.2, 0.25) is 0 Å². The smallest absolute Gasteiger partial charge is 0.401 e. The van der Waals surface area contributed by atoms with Crippen LogP contribution in [0.4, 0.5) is 5.69 Å². The number of hydrogen-bond donors (Lipinski definition) is 0. The van der Waals surface area contributed by atoms with Crippen molar-refractivity contribution in [3.05, 3.63) is 28.1 Å². The number of aryl methyl sites for hydroxylation is 1. The van der Waals surface area contributed by atoms with Crippen molar-refractivity contribution in [2.75, 3.05) is 0 Å². The van der Waals surface area contributed by atoms with Crippen molar-refractivity contribution in [2.24, 2.45) is 0 Å². The lowest BCUT2D eigenvalue weighted by atomic mass is 10.2. The van der Waals surface area contributed by atoms with E-state index in [1.165, 1.54) is 13.0 Å². The summed E-state index contributed by atoms with van der Waals surface area (Å²) in [7, 11) is 0.602. The summed E-state index contributed by atoms with van der Waals surface area (Å²) in [5.74, 6) is -0.100. The van der Waals surface area contributed by atoms with Crippen LogP contribution in [-0.4, -0.2) is 18.3 Å². The molecule has 0 fully saturated rings. The summed E-state index contributed by atoms with van der Waals surface area (Å²) in [6.07, 6.45) is 0. The second-order valence-corrected chi connectivity index (χ2v) is 5.34. The summed E-state index contributed by atoms with van der Waals surface area (Å²) < 4.78 is 30.9. The summed E-state index contributed by atoms with van der Waals surface area (Å²) in [5, 5.41) is 10.8. The lowest BCUT2D eigenvalue weighted by Crippen LogP contribution is -2.00. The summed E-state index contributed by atoms with van der Waals surface area (Å²) in [4.78, 5) is 13.9. The van der Waals surface area contributed by atoms with Crippen LogP contribution < -0.4 is 4.18 Å². The van der Waals surface area contributed by atoms with Crippen LogP contribution in [0.1, 0.15) is 5.89 Å². The number of non-ortho nitro benzene ring substituents is 1. The minimum atomic E-state index is -4.29. The number of aromatic nitrogens is 1. The first kappa shape index (κ1) is 12.6.